The van der Waals surface area contributed by atoms with Crippen LogP contribution >= 0.6 is 0 Å². The molecule has 37 heavy (non-hydrogen) atoms. The Morgan fingerprint density at radius 3 is 2.73 bits per heavy atom. The molecule has 2 fully saturated rings. The predicted octanol–water partition coefficient (Wildman–Crippen LogP) is 2.92. The van der Waals surface area contributed by atoms with Crippen molar-refractivity contribution in [2.75, 3.05) is 26.2 Å². The number of nitrogens with one attached hydrogen (secondary N) is 1. The van der Waals surface area contributed by atoms with Crippen LogP contribution in [0.2, 0.25) is 0 Å². The molecule has 0 saturated carbocycles. The summed E-state index contributed by atoms with van der Waals surface area (Å²) in [7, 11) is 0. The second-order valence-electron chi connectivity index (χ2n) is 9.78. The molecule has 0 atom stereocenters. The predicted molar refractivity (Wildman–Crippen MR) is 135 cm³/mol. The average molecular weight is 492 g/mol. The van der Waals surface area contributed by atoms with Crippen LogP contribution in [0.1, 0.15) is 35.2 Å². The number of hydrogen-bond acceptors (Lipinski definition) is 7. The highest BCUT2D eigenvalue weighted by molar-refractivity contribution is 5.96. The van der Waals surface area contributed by atoms with Crippen molar-refractivity contribution in [2.45, 2.75) is 30.8 Å². The smallest absolute Gasteiger partial charge is 0.255 e. The van der Waals surface area contributed by atoms with E-state index in [9.17, 15) is 15.3 Å². The van der Waals surface area contributed by atoms with Crippen molar-refractivity contribution in [1.82, 2.24) is 34.5 Å². The van der Waals surface area contributed by atoms with Crippen molar-refractivity contribution in [3.63, 3.8) is 0 Å². The van der Waals surface area contributed by atoms with Gasteiger partial charge < -0.3 is 9.88 Å². The number of H-pyrrole nitrogens is 1. The molecule has 10 nitrogen and oxygen atoms in total. The fraction of sp³-hybridized carbons (Fsp3) is 0.333. The van der Waals surface area contributed by atoms with Crippen molar-refractivity contribution >= 4 is 16.9 Å². The Hall–Kier alpha value is -4.54. The highest BCUT2D eigenvalue weighted by atomic mass is 16.2. The van der Waals surface area contributed by atoms with E-state index in [1.165, 1.54) is 6.33 Å². The molecule has 2 aliphatic heterocycles. The van der Waals surface area contributed by atoms with E-state index < -0.39 is 0 Å². The van der Waals surface area contributed by atoms with Gasteiger partial charge in [0.15, 0.2) is 0 Å². The van der Waals surface area contributed by atoms with Crippen LogP contribution < -0.4 is 0 Å². The standard InChI is InChI=1S/C27H25N9O/c28-9-8-27(36-15-20(14-33-36)24-23-5-10-30-25(23)32-18-31-24)16-35(17-27)21-6-11-34(12-7-21)26(37)22-4-2-1-3-19(22)13-29/h1-5,10,14-15,18,21H,6-8,11-12,16-17H2,(H,30,31,32). The summed E-state index contributed by atoms with van der Waals surface area (Å²) in [5.74, 6) is -0.0802. The van der Waals surface area contributed by atoms with Crippen LogP contribution in [0, 0.1) is 22.7 Å². The third-order valence-corrected chi connectivity index (χ3v) is 7.64. The van der Waals surface area contributed by atoms with Crippen LogP contribution in [0.5, 0.6) is 0 Å². The third-order valence-electron chi connectivity index (χ3n) is 7.64. The van der Waals surface area contributed by atoms with Gasteiger partial charge in [0, 0.05) is 55.6 Å². The zero-order valence-electron chi connectivity index (χ0n) is 20.2. The summed E-state index contributed by atoms with van der Waals surface area (Å²) in [6, 6.07) is 13.7. The van der Waals surface area contributed by atoms with Gasteiger partial charge in [-0.25, -0.2) is 9.97 Å². The van der Waals surface area contributed by atoms with Crippen LogP contribution in [0.15, 0.2) is 55.2 Å². The Morgan fingerprint density at radius 1 is 1.14 bits per heavy atom. The Bertz CT molecular complexity index is 1540. The van der Waals surface area contributed by atoms with Gasteiger partial charge in [0.25, 0.3) is 5.91 Å². The van der Waals surface area contributed by atoms with Gasteiger partial charge in [-0.1, -0.05) is 12.1 Å². The summed E-state index contributed by atoms with van der Waals surface area (Å²) in [4.78, 5) is 29.1. The van der Waals surface area contributed by atoms with Crippen LogP contribution in [-0.2, 0) is 5.54 Å². The minimum Gasteiger partial charge on any atom is -0.346 e. The lowest BCUT2D eigenvalue weighted by Crippen LogP contribution is -2.66. The van der Waals surface area contributed by atoms with Crippen molar-refractivity contribution < 1.29 is 4.79 Å². The van der Waals surface area contributed by atoms with E-state index in [1.54, 1.807) is 30.5 Å². The second kappa shape index (κ2) is 9.16. The first-order chi connectivity index (χ1) is 18.1. The minimum absolute atomic E-state index is 0.0802. The number of carbonyl (C=O) groups is 1. The van der Waals surface area contributed by atoms with E-state index in [0.717, 1.165) is 48.2 Å². The fourth-order valence-electron chi connectivity index (χ4n) is 5.63. The SMILES string of the molecule is N#CCC1(n2cc(-c3ncnc4[nH]ccc34)cn2)CN(C2CCN(C(=O)c3ccccc3C#N)CC2)C1. The molecule has 0 spiro atoms. The second-order valence-corrected chi connectivity index (χ2v) is 9.78. The number of aromatic nitrogens is 5. The number of carbonyl (C=O) groups excluding carboxylic acids is 1. The van der Waals surface area contributed by atoms with Gasteiger partial charge in [0.2, 0.25) is 0 Å². The summed E-state index contributed by atoms with van der Waals surface area (Å²) in [6.45, 7) is 2.77. The summed E-state index contributed by atoms with van der Waals surface area (Å²) >= 11 is 0. The fourth-order valence-corrected chi connectivity index (χ4v) is 5.63. The lowest BCUT2D eigenvalue weighted by atomic mass is 9.83. The molecule has 6 rings (SSSR count). The molecule has 10 heteroatoms. The number of hydrogen-bond donors (Lipinski definition) is 1. The van der Waals surface area contributed by atoms with Gasteiger partial charge in [-0.15, -0.1) is 0 Å². The van der Waals surface area contributed by atoms with E-state index in [0.29, 0.717) is 36.7 Å². The largest absolute Gasteiger partial charge is 0.346 e. The Labute approximate surface area is 213 Å². The van der Waals surface area contributed by atoms with Crippen molar-refractivity contribution in [3.8, 4) is 23.4 Å². The molecule has 4 aromatic rings. The number of nitrogens with zero attached hydrogens (tertiary/aromatic N) is 8. The zero-order valence-corrected chi connectivity index (χ0v) is 20.2. The molecular weight excluding hydrogens is 466 g/mol. The molecule has 0 unspecified atom stereocenters. The Balaban J connectivity index is 1.13. The lowest BCUT2D eigenvalue weighted by Gasteiger charge is -2.53. The highest BCUT2D eigenvalue weighted by Crippen LogP contribution is 2.37. The van der Waals surface area contributed by atoms with E-state index in [4.69, 9.17) is 0 Å². The average Bonchev–Trinajstić information content (AvgIpc) is 3.60. The number of benzene rings is 1. The van der Waals surface area contributed by atoms with Crippen LogP contribution in [0.3, 0.4) is 0 Å². The molecule has 0 bridgehead atoms. The maximum atomic E-state index is 13.0. The van der Waals surface area contributed by atoms with E-state index in [-0.39, 0.29) is 11.4 Å². The summed E-state index contributed by atoms with van der Waals surface area (Å²) < 4.78 is 1.93. The van der Waals surface area contributed by atoms with E-state index in [1.807, 2.05) is 28.0 Å². The van der Waals surface area contributed by atoms with Crippen LogP contribution in [0.25, 0.3) is 22.3 Å². The molecule has 0 aliphatic carbocycles. The molecule has 0 radical (unpaired) electrons. The maximum absolute atomic E-state index is 13.0. The summed E-state index contributed by atoms with van der Waals surface area (Å²) in [6.07, 6.45) is 9.26. The van der Waals surface area contributed by atoms with Gasteiger partial charge in [-0.05, 0) is 31.0 Å². The number of likely N-dealkylation sites (tertiary alicyclic amines) is 2. The number of rotatable bonds is 5. The molecule has 184 valence electrons. The normalized spacial score (nSPS) is 17.7. The molecule has 2 saturated heterocycles. The van der Waals surface area contributed by atoms with Gasteiger partial charge in [-0.2, -0.15) is 15.6 Å². The van der Waals surface area contributed by atoms with Crippen molar-refractivity contribution in [1.29, 1.82) is 10.5 Å². The van der Waals surface area contributed by atoms with Crippen LogP contribution in [0.4, 0.5) is 0 Å². The number of aromatic amines is 1. The van der Waals surface area contributed by atoms with Crippen molar-refractivity contribution in [3.05, 3.63) is 66.4 Å². The topological polar surface area (TPSA) is 131 Å². The highest BCUT2D eigenvalue weighted by Gasteiger charge is 2.48. The molecule has 2 aliphatic rings. The Kier molecular flexibility index (Phi) is 5.67. The number of nitriles is 2. The van der Waals surface area contributed by atoms with Gasteiger partial charge in [-0.3, -0.25) is 14.4 Å². The molecular formula is C27H25N9O. The first-order valence-electron chi connectivity index (χ1n) is 12.3. The lowest BCUT2D eigenvalue weighted by molar-refractivity contribution is -0.0412. The van der Waals surface area contributed by atoms with Gasteiger partial charge in [0.1, 0.15) is 17.5 Å². The van der Waals surface area contributed by atoms with Gasteiger partial charge >= 0.3 is 0 Å². The number of amides is 1. The minimum atomic E-state index is -0.379. The quantitative estimate of drug-likeness (QED) is 0.454. The van der Waals surface area contributed by atoms with Crippen molar-refractivity contribution in [2.24, 2.45) is 0 Å². The maximum Gasteiger partial charge on any atom is 0.255 e. The summed E-state index contributed by atoms with van der Waals surface area (Å²) in [5, 5.41) is 24.5. The van der Waals surface area contributed by atoms with E-state index in [2.05, 4.69) is 37.1 Å². The molecule has 1 N–H and O–H groups in total. The monoisotopic (exact) mass is 491 g/mol. The number of fused-ring (bicyclic) bond motifs is 1. The van der Waals surface area contributed by atoms with E-state index >= 15 is 0 Å². The molecule has 1 amide bonds. The first kappa shape index (κ1) is 22.9. The summed E-state index contributed by atoms with van der Waals surface area (Å²) in [5.41, 5.74) is 2.99. The third kappa shape index (κ3) is 3.92. The first-order valence-corrected chi connectivity index (χ1v) is 12.3. The van der Waals surface area contributed by atoms with Crippen LogP contribution in [-0.4, -0.2) is 72.7 Å². The molecule has 3 aromatic heterocycles. The Morgan fingerprint density at radius 2 is 1.95 bits per heavy atom. The number of piperidine rings is 1. The zero-order chi connectivity index (χ0) is 25.4. The molecule has 5 heterocycles. The molecule has 1 aromatic carbocycles. The van der Waals surface area contributed by atoms with Gasteiger partial charge in [0.05, 0.1) is 41.6 Å².